The number of benzene rings is 1. The molecule has 0 bridgehead atoms. The number of halogens is 1. The van der Waals surface area contributed by atoms with Gasteiger partial charge < -0.3 is 5.11 Å². The van der Waals surface area contributed by atoms with Crippen LogP contribution in [0.1, 0.15) is 12.0 Å². The Morgan fingerprint density at radius 3 is 2.70 bits per heavy atom. The number of hydrogen-bond donors (Lipinski definition) is 0. The van der Waals surface area contributed by atoms with E-state index in [4.69, 9.17) is 11.6 Å². The van der Waals surface area contributed by atoms with Gasteiger partial charge in [0, 0.05) is 17.3 Å². The maximum atomic E-state index is 11.8. The Morgan fingerprint density at radius 2 is 2.15 bits per heavy atom. The number of aliphatic imine (C=N–C) groups is 1. The van der Waals surface area contributed by atoms with Gasteiger partial charge in [0.15, 0.2) is 9.84 Å². The number of nitrogens with zero attached hydrogens (tertiary/aromatic N) is 2. The van der Waals surface area contributed by atoms with Gasteiger partial charge in [-0.1, -0.05) is 11.6 Å². The first-order chi connectivity index (χ1) is 9.28. The zero-order chi connectivity index (χ0) is 14.9. The van der Waals surface area contributed by atoms with Crippen LogP contribution in [0, 0.1) is 10.1 Å². The third-order valence-corrected chi connectivity index (χ3v) is 4.86. The molecule has 7 nitrogen and oxygen atoms in total. The largest absolute Gasteiger partial charge is 0.867 e. The summed E-state index contributed by atoms with van der Waals surface area (Å²) in [7, 11) is -3.07. The van der Waals surface area contributed by atoms with Crippen molar-refractivity contribution in [1.29, 1.82) is 0 Å². The van der Waals surface area contributed by atoms with Gasteiger partial charge >= 0.3 is 0 Å². The molecule has 0 amide bonds. The lowest BCUT2D eigenvalue weighted by molar-refractivity contribution is -0.398. The molecule has 1 saturated heterocycles. The van der Waals surface area contributed by atoms with Gasteiger partial charge in [0.1, 0.15) is 0 Å². The summed E-state index contributed by atoms with van der Waals surface area (Å²) in [5.74, 6) is -0.793. The lowest BCUT2D eigenvalue weighted by Crippen LogP contribution is -2.08. The van der Waals surface area contributed by atoms with Crippen LogP contribution < -0.4 is 5.11 Å². The average Bonchev–Trinajstić information content (AvgIpc) is 2.69. The standard InChI is InChI=1S/C11H11ClN2O5S/c12-8-3-7(11(15)10(4-8)14(16)17)5-13-9-1-2-20(18,19)6-9/h3-5,9,15H,1-2,6H2/p-1/t9-/m1/s1. The lowest BCUT2D eigenvalue weighted by Gasteiger charge is -2.11. The fraction of sp³-hybridized carbons (Fsp3) is 0.364. The summed E-state index contributed by atoms with van der Waals surface area (Å²) in [6, 6.07) is 1.82. The van der Waals surface area contributed by atoms with E-state index in [0.29, 0.717) is 6.42 Å². The second kappa shape index (κ2) is 5.37. The Labute approximate surface area is 120 Å². The van der Waals surface area contributed by atoms with Gasteiger partial charge in [0.25, 0.3) is 5.69 Å². The molecule has 0 aromatic heterocycles. The van der Waals surface area contributed by atoms with Crippen LogP contribution in [0.25, 0.3) is 0 Å². The quantitative estimate of drug-likeness (QED) is 0.467. The van der Waals surface area contributed by atoms with Crippen molar-refractivity contribution in [3.63, 3.8) is 0 Å². The first kappa shape index (κ1) is 14.7. The van der Waals surface area contributed by atoms with Crippen LogP contribution in [0.4, 0.5) is 5.69 Å². The summed E-state index contributed by atoms with van der Waals surface area (Å²) in [6.07, 6.45) is 1.54. The molecule has 1 aliphatic rings. The van der Waals surface area contributed by atoms with E-state index < -0.39 is 32.2 Å². The number of nitro benzene ring substituents is 1. The van der Waals surface area contributed by atoms with Crippen molar-refractivity contribution in [3.8, 4) is 5.75 Å². The van der Waals surface area contributed by atoms with E-state index in [1.807, 2.05) is 0 Å². The van der Waals surface area contributed by atoms with Crippen molar-refractivity contribution in [2.24, 2.45) is 4.99 Å². The van der Waals surface area contributed by atoms with E-state index in [2.05, 4.69) is 4.99 Å². The topological polar surface area (TPSA) is 113 Å². The molecule has 0 radical (unpaired) electrons. The van der Waals surface area contributed by atoms with E-state index in [9.17, 15) is 23.6 Å². The average molecular weight is 318 g/mol. The SMILES string of the molecule is O=[N+]([O-])c1cc(Cl)cc(C=N[C@@H]2CCS(=O)(=O)C2)c1[O-]. The minimum atomic E-state index is -3.07. The third-order valence-electron chi connectivity index (χ3n) is 2.89. The minimum absolute atomic E-state index is 0.0199. The van der Waals surface area contributed by atoms with Crippen LogP contribution in [-0.2, 0) is 9.84 Å². The zero-order valence-corrected chi connectivity index (χ0v) is 11.7. The molecule has 20 heavy (non-hydrogen) atoms. The maximum Gasteiger partial charge on any atom is 0.263 e. The Hall–Kier alpha value is -1.67. The van der Waals surface area contributed by atoms with Gasteiger partial charge in [-0.3, -0.25) is 15.1 Å². The molecule has 2 rings (SSSR count). The normalized spacial score (nSPS) is 21.4. The van der Waals surface area contributed by atoms with Crippen molar-refractivity contribution in [2.45, 2.75) is 12.5 Å². The molecule has 0 N–H and O–H groups in total. The number of hydrogen-bond acceptors (Lipinski definition) is 6. The molecule has 1 aromatic rings. The highest BCUT2D eigenvalue weighted by atomic mass is 35.5. The molecule has 1 aliphatic heterocycles. The molecular formula is C11H10ClN2O5S-. The van der Waals surface area contributed by atoms with Crippen LogP contribution in [0.2, 0.25) is 5.02 Å². The highest BCUT2D eigenvalue weighted by Gasteiger charge is 2.26. The van der Waals surface area contributed by atoms with Crippen molar-refractivity contribution >= 4 is 33.3 Å². The molecule has 1 atom stereocenters. The summed E-state index contributed by atoms with van der Waals surface area (Å²) in [6.45, 7) is 0. The predicted octanol–water partition coefficient (Wildman–Crippen LogP) is 0.928. The van der Waals surface area contributed by atoms with E-state index in [1.165, 1.54) is 6.07 Å². The number of nitro groups is 1. The molecule has 1 aromatic carbocycles. The summed E-state index contributed by atoms with van der Waals surface area (Å²) in [5.41, 5.74) is -0.647. The highest BCUT2D eigenvalue weighted by molar-refractivity contribution is 7.91. The molecule has 1 heterocycles. The van der Waals surface area contributed by atoms with Crippen LogP contribution >= 0.6 is 11.6 Å². The fourth-order valence-corrected chi connectivity index (χ4v) is 3.77. The maximum absolute atomic E-state index is 11.8. The monoisotopic (exact) mass is 317 g/mol. The molecule has 0 aliphatic carbocycles. The van der Waals surface area contributed by atoms with Gasteiger partial charge in [-0.05, 0) is 23.8 Å². The minimum Gasteiger partial charge on any atom is -0.867 e. The van der Waals surface area contributed by atoms with Gasteiger partial charge in [-0.15, -0.1) is 0 Å². The fourth-order valence-electron chi connectivity index (χ4n) is 1.91. The van der Waals surface area contributed by atoms with Crippen molar-refractivity contribution in [1.82, 2.24) is 0 Å². The number of sulfone groups is 1. The molecular weight excluding hydrogens is 308 g/mol. The Balaban J connectivity index is 2.28. The molecule has 0 unspecified atom stereocenters. The summed E-state index contributed by atoms with van der Waals surface area (Å²) in [5, 5.41) is 22.5. The molecule has 0 spiro atoms. The second-order valence-electron chi connectivity index (χ2n) is 4.44. The summed E-state index contributed by atoms with van der Waals surface area (Å²) >= 11 is 5.71. The van der Waals surface area contributed by atoms with Crippen molar-refractivity contribution < 1.29 is 18.4 Å². The van der Waals surface area contributed by atoms with E-state index in [0.717, 1.165) is 12.3 Å². The van der Waals surface area contributed by atoms with Gasteiger partial charge in [0.2, 0.25) is 0 Å². The van der Waals surface area contributed by atoms with Gasteiger partial charge in [0.05, 0.1) is 22.5 Å². The van der Waals surface area contributed by atoms with Crippen LogP contribution in [-0.4, -0.2) is 37.1 Å². The van der Waals surface area contributed by atoms with E-state index >= 15 is 0 Å². The predicted molar refractivity (Wildman–Crippen MR) is 72.2 cm³/mol. The van der Waals surface area contributed by atoms with Gasteiger partial charge in [-0.25, -0.2) is 8.42 Å². The van der Waals surface area contributed by atoms with Crippen LogP contribution in [0.3, 0.4) is 0 Å². The summed E-state index contributed by atoms with van der Waals surface area (Å²) < 4.78 is 22.5. The van der Waals surface area contributed by atoms with Crippen molar-refractivity contribution in [3.05, 3.63) is 32.8 Å². The summed E-state index contributed by atoms with van der Waals surface area (Å²) in [4.78, 5) is 13.9. The van der Waals surface area contributed by atoms with Crippen LogP contribution in [0.15, 0.2) is 17.1 Å². The molecule has 9 heteroatoms. The molecule has 108 valence electrons. The van der Waals surface area contributed by atoms with E-state index in [1.54, 1.807) is 0 Å². The molecule has 0 saturated carbocycles. The van der Waals surface area contributed by atoms with Gasteiger partial charge in [-0.2, -0.15) is 0 Å². The number of rotatable bonds is 3. The second-order valence-corrected chi connectivity index (χ2v) is 7.10. The van der Waals surface area contributed by atoms with E-state index in [-0.39, 0.29) is 22.1 Å². The first-order valence-corrected chi connectivity index (χ1v) is 7.87. The molecule has 1 fully saturated rings. The first-order valence-electron chi connectivity index (χ1n) is 5.67. The third kappa shape index (κ3) is 3.26. The van der Waals surface area contributed by atoms with Crippen LogP contribution in [0.5, 0.6) is 5.75 Å². The lowest BCUT2D eigenvalue weighted by atomic mass is 10.2. The Bertz CT molecular complexity index is 686. The Morgan fingerprint density at radius 1 is 1.45 bits per heavy atom. The zero-order valence-electron chi connectivity index (χ0n) is 10.2. The van der Waals surface area contributed by atoms with Crippen molar-refractivity contribution in [2.75, 3.05) is 11.5 Å². The Kier molecular flexibility index (Phi) is 3.96. The smallest absolute Gasteiger partial charge is 0.263 e. The highest BCUT2D eigenvalue weighted by Crippen LogP contribution is 2.30.